The molecule has 0 aliphatic carbocycles. The molecule has 8 heteroatoms. The Morgan fingerprint density at radius 3 is 2.24 bits per heavy atom. The van der Waals surface area contributed by atoms with E-state index in [-0.39, 0.29) is 18.6 Å². The van der Waals surface area contributed by atoms with E-state index in [1.165, 1.54) is 0 Å². The fraction of sp³-hybridized carbons (Fsp3) is 0.429. The van der Waals surface area contributed by atoms with Crippen LogP contribution in [0.5, 0.6) is 11.6 Å². The summed E-state index contributed by atoms with van der Waals surface area (Å²) in [6.07, 6.45) is 6.10. The van der Waals surface area contributed by atoms with Crippen molar-refractivity contribution in [2.75, 3.05) is 29.7 Å². The number of hydrogen-bond acceptors (Lipinski definition) is 6. The summed E-state index contributed by atoms with van der Waals surface area (Å²) < 4.78 is 11.6. The van der Waals surface area contributed by atoms with Crippen molar-refractivity contribution in [2.45, 2.75) is 39.5 Å². The van der Waals surface area contributed by atoms with E-state index in [1.54, 1.807) is 22.2 Å². The van der Waals surface area contributed by atoms with Crippen LogP contribution in [0.3, 0.4) is 0 Å². The summed E-state index contributed by atoms with van der Waals surface area (Å²) in [5, 5.41) is 0. The van der Waals surface area contributed by atoms with Crippen LogP contribution in [0, 0.1) is 13.8 Å². The van der Waals surface area contributed by atoms with Crippen molar-refractivity contribution in [3.63, 3.8) is 0 Å². The fourth-order valence-corrected chi connectivity index (χ4v) is 3.61. The van der Waals surface area contributed by atoms with Crippen LogP contribution in [0.15, 0.2) is 24.5 Å². The summed E-state index contributed by atoms with van der Waals surface area (Å²) in [7, 11) is 0. The summed E-state index contributed by atoms with van der Waals surface area (Å²) in [5.74, 6) is 1.47. The minimum absolute atomic E-state index is 0.0437. The largest absolute Gasteiger partial charge is 0.454 e. The molecular formula is C21H24N4O4. The molecule has 0 atom stereocenters. The fourth-order valence-electron chi connectivity index (χ4n) is 3.61. The molecule has 2 aromatic rings. The molecular weight excluding hydrogens is 372 g/mol. The normalized spacial score (nSPS) is 16.6. The van der Waals surface area contributed by atoms with E-state index >= 15 is 0 Å². The zero-order valence-electron chi connectivity index (χ0n) is 16.7. The Labute approximate surface area is 169 Å². The van der Waals surface area contributed by atoms with Gasteiger partial charge in [0.05, 0.1) is 0 Å². The first-order valence-electron chi connectivity index (χ1n) is 9.82. The van der Waals surface area contributed by atoms with Gasteiger partial charge in [0.2, 0.25) is 24.5 Å². The van der Waals surface area contributed by atoms with E-state index in [0.29, 0.717) is 49.1 Å². The number of carbonyl (C=O) groups excluding carboxylic acids is 2. The molecule has 2 aromatic heterocycles. The van der Waals surface area contributed by atoms with Crippen LogP contribution in [0.25, 0.3) is 0 Å². The van der Waals surface area contributed by atoms with E-state index in [0.717, 1.165) is 24.0 Å². The van der Waals surface area contributed by atoms with Gasteiger partial charge in [-0.3, -0.25) is 14.5 Å². The topological polar surface area (TPSA) is 84.9 Å². The van der Waals surface area contributed by atoms with Crippen LogP contribution in [0.2, 0.25) is 0 Å². The first kappa shape index (κ1) is 19.2. The minimum Gasteiger partial charge on any atom is -0.454 e. The molecule has 2 saturated heterocycles. The quantitative estimate of drug-likeness (QED) is 0.698. The Balaban J connectivity index is 1.51. The highest BCUT2D eigenvalue weighted by atomic mass is 16.7. The lowest BCUT2D eigenvalue weighted by Gasteiger charge is -2.21. The third-order valence-corrected chi connectivity index (χ3v) is 5.04. The number of hydrogen-bond donors (Lipinski definition) is 0. The maximum Gasteiger partial charge on any atom is 0.240 e. The van der Waals surface area contributed by atoms with Crippen LogP contribution >= 0.6 is 0 Å². The molecule has 0 saturated carbocycles. The van der Waals surface area contributed by atoms with E-state index in [1.807, 2.05) is 26.0 Å². The van der Waals surface area contributed by atoms with Gasteiger partial charge in [-0.15, -0.1) is 0 Å². The van der Waals surface area contributed by atoms with Crippen LogP contribution < -0.4 is 19.3 Å². The lowest BCUT2D eigenvalue weighted by Crippen LogP contribution is -2.26. The number of carbonyl (C=O) groups is 2. The van der Waals surface area contributed by atoms with Crippen molar-refractivity contribution in [3.05, 3.63) is 35.7 Å². The van der Waals surface area contributed by atoms with Gasteiger partial charge in [0.25, 0.3) is 0 Å². The van der Waals surface area contributed by atoms with Crippen molar-refractivity contribution in [1.82, 2.24) is 9.97 Å². The molecule has 0 N–H and O–H groups in total. The SMILES string of the molecule is Cc1cnc(N2CCCC2=O)c(OCOc2ncc(C)cc2N2CCCC2=O)c1. The second-order valence-corrected chi connectivity index (χ2v) is 7.38. The summed E-state index contributed by atoms with van der Waals surface area (Å²) in [4.78, 5) is 36.4. The summed E-state index contributed by atoms with van der Waals surface area (Å²) in [6, 6.07) is 3.73. The van der Waals surface area contributed by atoms with Gasteiger partial charge in [0.15, 0.2) is 11.6 Å². The van der Waals surface area contributed by atoms with Gasteiger partial charge in [-0.1, -0.05) is 0 Å². The maximum absolute atomic E-state index is 12.2. The van der Waals surface area contributed by atoms with Crippen LogP contribution in [0.1, 0.15) is 36.8 Å². The third-order valence-electron chi connectivity index (χ3n) is 5.04. The number of aryl methyl sites for hydroxylation is 2. The first-order valence-corrected chi connectivity index (χ1v) is 9.82. The van der Waals surface area contributed by atoms with E-state index in [2.05, 4.69) is 9.97 Å². The highest BCUT2D eigenvalue weighted by Crippen LogP contribution is 2.32. The summed E-state index contributed by atoms with van der Waals surface area (Å²) in [5.41, 5.74) is 2.53. The molecule has 2 fully saturated rings. The lowest BCUT2D eigenvalue weighted by molar-refractivity contribution is -0.117. The molecule has 152 valence electrons. The number of amides is 2. The zero-order valence-corrected chi connectivity index (χ0v) is 16.7. The molecule has 0 radical (unpaired) electrons. The second-order valence-electron chi connectivity index (χ2n) is 7.38. The van der Waals surface area contributed by atoms with Gasteiger partial charge in [0.1, 0.15) is 5.69 Å². The molecule has 2 aliphatic heterocycles. The summed E-state index contributed by atoms with van der Waals surface area (Å²) in [6.45, 7) is 5.02. The smallest absolute Gasteiger partial charge is 0.240 e. The van der Waals surface area contributed by atoms with Gasteiger partial charge >= 0.3 is 0 Å². The number of nitrogens with zero attached hydrogens (tertiary/aromatic N) is 4. The van der Waals surface area contributed by atoms with Gasteiger partial charge in [-0.2, -0.15) is 0 Å². The molecule has 0 unspecified atom stereocenters. The molecule has 0 aromatic carbocycles. The van der Waals surface area contributed by atoms with Crippen molar-refractivity contribution >= 4 is 23.3 Å². The number of ether oxygens (including phenoxy) is 2. The van der Waals surface area contributed by atoms with Crippen LogP contribution in [0.4, 0.5) is 11.5 Å². The van der Waals surface area contributed by atoms with E-state index in [4.69, 9.17) is 9.47 Å². The number of rotatable bonds is 6. The van der Waals surface area contributed by atoms with Gasteiger partial charge in [-0.05, 0) is 49.9 Å². The van der Waals surface area contributed by atoms with E-state index < -0.39 is 0 Å². The predicted octanol–water partition coefficient (Wildman–Crippen LogP) is 2.76. The average molecular weight is 396 g/mol. The standard InChI is InChI=1S/C21H24N4O4/c1-14-9-16(24-7-3-5-18(24)26)21(23-12-14)29-13-28-17-10-15(2)11-22-20(17)25-8-4-6-19(25)27/h9-12H,3-8,13H2,1-2H3. The van der Waals surface area contributed by atoms with Crippen molar-refractivity contribution in [2.24, 2.45) is 0 Å². The van der Waals surface area contributed by atoms with Gasteiger partial charge in [-0.25, -0.2) is 9.97 Å². The monoisotopic (exact) mass is 396 g/mol. The molecule has 29 heavy (non-hydrogen) atoms. The third kappa shape index (κ3) is 4.01. The molecule has 2 amide bonds. The van der Waals surface area contributed by atoms with Gasteiger partial charge in [0, 0.05) is 38.3 Å². The van der Waals surface area contributed by atoms with Crippen molar-refractivity contribution < 1.29 is 19.1 Å². The number of aromatic nitrogens is 2. The second kappa shape index (κ2) is 8.06. The Morgan fingerprint density at radius 2 is 1.55 bits per heavy atom. The number of anilines is 2. The Morgan fingerprint density at radius 1 is 0.897 bits per heavy atom. The Hall–Kier alpha value is -3.16. The van der Waals surface area contributed by atoms with Crippen LogP contribution in [-0.2, 0) is 9.59 Å². The minimum atomic E-state index is -0.106. The predicted molar refractivity (Wildman–Crippen MR) is 107 cm³/mol. The van der Waals surface area contributed by atoms with Crippen LogP contribution in [-0.4, -0.2) is 41.7 Å². The first-order chi connectivity index (χ1) is 14.0. The molecule has 4 rings (SSSR count). The zero-order chi connectivity index (χ0) is 20.4. The molecule has 2 aliphatic rings. The Bertz CT molecular complexity index is 946. The maximum atomic E-state index is 12.2. The van der Waals surface area contributed by atoms with Crippen molar-refractivity contribution in [3.8, 4) is 11.6 Å². The van der Waals surface area contributed by atoms with Gasteiger partial charge < -0.3 is 14.4 Å². The van der Waals surface area contributed by atoms with E-state index in [9.17, 15) is 9.59 Å². The molecule has 4 heterocycles. The highest BCUT2D eigenvalue weighted by Gasteiger charge is 2.27. The Kier molecular flexibility index (Phi) is 5.33. The molecule has 8 nitrogen and oxygen atoms in total. The van der Waals surface area contributed by atoms with Crippen molar-refractivity contribution in [1.29, 1.82) is 0 Å². The molecule has 0 spiro atoms. The highest BCUT2D eigenvalue weighted by molar-refractivity contribution is 5.96. The number of pyridine rings is 2. The lowest BCUT2D eigenvalue weighted by atomic mass is 10.2. The average Bonchev–Trinajstić information content (AvgIpc) is 3.31. The summed E-state index contributed by atoms with van der Waals surface area (Å²) >= 11 is 0. The molecule has 0 bridgehead atoms.